The van der Waals surface area contributed by atoms with Crippen LogP contribution in [0.1, 0.15) is 49.3 Å². The van der Waals surface area contributed by atoms with Crippen LogP contribution in [0, 0.1) is 5.82 Å². The van der Waals surface area contributed by atoms with Crippen LogP contribution in [0.3, 0.4) is 0 Å². The van der Waals surface area contributed by atoms with E-state index >= 15 is 0 Å². The van der Waals surface area contributed by atoms with Crippen LogP contribution in [-0.4, -0.2) is 40.3 Å². The Kier molecular flexibility index (Phi) is 7.73. The fourth-order valence-electron chi connectivity index (χ4n) is 4.14. The molecule has 2 aromatic rings. The van der Waals surface area contributed by atoms with Gasteiger partial charge in [-0.05, 0) is 55.9 Å². The van der Waals surface area contributed by atoms with Gasteiger partial charge in [-0.1, -0.05) is 18.2 Å². The van der Waals surface area contributed by atoms with Crippen molar-refractivity contribution >= 4 is 15.9 Å². The summed E-state index contributed by atoms with van der Waals surface area (Å²) in [5.74, 6) is 0.412. The number of carbonyl (C=O) groups excluding carboxylic acids is 1. The average molecular weight is 465 g/mol. The average Bonchev–Trinajstić information content (AvgIpc) is 3.19. The molecule has 1 unspecified atom stereocenters. The van der Waals surface area contributed by atoms with Crippen molar-refractivity contribution in [1.29, 1.82) is 0 Å². The Bertz CT molecular complexity index is 1040. The molecule has 174 valence electrons. The Morgan fingerprint density at radius 2 is 1.91 bits per heavy atom. The molecule has 32 heavy (non-hydrogen) atoms. The minimum Gasteiger partial charge on any atom is -0.496 e. The van der Waals surface area contributed by atoms with E-state index in [0.717, 1.165) is 31.1 Å². The van der Waals surface area contributed by atoms with E-state index in [1.165, 1.54) is 17.7 Å². The van der Waals surface area contributed by atoms with Crippen molar-refractivity contribution in [2.75, 3.05) is 20.0 Å². The summed E-state index contributed by atoms with van der Waals surface area (Å²) in [6.45, 7) is 1.68. The molecule has 0 spiro atoms. The minimum absolute atomic E-state index is 0.0307. The lowest BCUT2D eigenvalue weighted by atomic mass is 9.97. The van der Waals surface area contributed by atoms with Crippen molar-refractivity contribution in [2.24, 2.45) is 0 Å². The van der Waals surface area contributed by atoms with Crippen LogP contribution in [0.25, 0.3) is 0 Å². The molecule has 0 aromatic heterocycles. The van der Waals surface area contributed by atoms with Crippen LogP contribution in [0.5, 0.6) is 11.5 Å². The normalized spacial score (nSPS) is 19.4. The first-order chi connectivity index (χ1) is 15.1. The van der Waals surface area contributed by atoms with Crippen LogP contribution in [0.15, 0.2) is 42.5 Å². The van der Waals surface area contributed by atoms with Gasteiger partial charge in [0.05, 0.1) is 13.4 Å². The van der Waals surface area contributed by atoms with Crippen LogP contribution in [-0.2, 0) is 14.8 Å². The summed E-state index contributed by atoms with van der Waals surface area (Å²) in [6, 6.07) is 12.5. The maximum Gasteiger partial charge on any atom is 0.271 e. The highest BCUT2D eigenvalue weighted by Crippen LogP contribution is 2.36. The number of ether oxygens (including phenoxy) is 2. The summed E-state index contributed by atoms with van der Waals surface area (Å²) >= 11 is 0. The number of halogens is 1. The molecule has 1 saturated carbocycles. The van der Waals surface area contributed by atoms with Crippen molar-refractivity contribution in [1.82, 2.24) is 10.0 Å². The molecule has 3 atom stereocenters. The Morgan fingerprint density at radius 1 is 1.19 bits per heavy atom. The zero-order chi connectivity index (χ0) is 23.3. The molecule has 1 fully saturated rings. The number of amides is 1. The second-order valence-electron chi connectivity index (χ2n) is 8.14. The fraction of sp³-hybridized carbons (Fsp3) is 0.435. The quantitative estimate of drug-likeness (QED) is 0.592. The Morgan fingerprint density at radius 3 is 2.56 bits per heavy atom. The molecule has 0 saturated heterocycles. The van der Waals surface area contributed by atoms with E-state index in [1.54, 1.807) is 25.3 Å². The molecule has 0 bridgehead atoms. The summed E-state index contributed by atoms with van der Waals surface area (Å²) < 4.78 is 48.1. The van der Waals surface area contributed by atoms with E-state index in [9.17, 15) is 17.6 Å². The molecule has 1 amide bonds. The number of rotatable bonds is 9. The summed E-state index contributed by atoms with van der Waals surface area (Å²) in [6.07, 6.45) is 3.97. The molecule has 0 heterocycles. The van der Waals surface area contributed by atoms with Crippen LogP contribution in [0.2, 0.25) is 0 Å². The van der Waals surface area contributed by atoms with Crippen molar-refractivity contribution in [2.45, 2.75) is 44.2 Å². The van der Waals surface area contributed by atoms with Gasteiger partial charge in [-0.2, -0.15) is 0 Å². The Hall–Kier alpha value is -2.65. The second-order valence-corrected chi connectivity index (χ2v) is 9.89. The number of sulfonamides is 1. The molecule has 7 nitrogen and oxygen atoms in total. The highest BCUT2D eigenvalue weighted by molar-refractivity contribution is 7.89. The number of carbonyl (C=O) groups is 1. The standard InChI is InChI=1S/C23H29FN2O5S/c1-15(21-11-7-18(24)13-22(21)30-2)25-19-8-4-17(12-19)16-5-9-20(10-6-16)31-14-23(27)26-32(3,28)29/h5-7,9-11,13,15,17,19,25H,4,8,12,14H2,1-3H3,(H,26,27)/t15-,17-,19?/m1/s1. The molecular weight excluding hydrogens is 435 g/mol. The van der Waals surface area contributed by atoms with Crippen LogP contribution in [0.4, 0.5) is 4.39 Å². The lowest BCUT2D eigenvalue weighted by Gasteiger charge is -2.22. The zero-order valence-corrected chi connectivity index (χ0v) is 19.2. The van der Waals surface area contributed by atoms with Gasteiger partial charge in [0.2, 0.25) is 10.0 Å². The summed E-state index contributed by atoms with van der Waals surface area (Å²) in [5, 5.41) is 3.63. The number of methoxy groups -OCH3 is 1. The Labute approximate surface area is 188 Å². The van der Waals surface area contributed by atoms with Crippen LogP contribution < -0.4 is 19.5 Å². The van der Waals surface area contributed by atoms with Gasteiger partial charge >= 0.3 is 0 Å². The maximum absolute atomic E-state index is 13.5. The number of benzene rings is 2. The smallest absolute Gasteiger partial charge is 0.271 e. The van der Waals surface area contributed by atoms with Crippen molar-refractivity contribution < 1.29 is 27.1 Å². The lowest BCUT2D eigenvalue weighted by Crippen LogP contribution is -2.33. The summed E-state index contributed by atoms with van der Waals surface area (Å²) in [4.78, 5) is 11.5. The highest BCUT2D eigenvalue weighted by Gasteiger charge is 2.27. The van der Waals surface area contributed by atoms with E-state index in [4.69, 9.17) is 9.47 Å². The molecule has 0 aliphatic heterocycles. The molecule has 9 heteroatoms. The molecule has 1 aliphatic carbocycles. The van der Waals surface area contributed by atoms with E-state index in [1.807, 2.05) is 16.9 Å². The minimum atomic E-state index is -3.59. The van der Waals surface area contributed by atoms with E-state index in [0.29, 0.717) is 23.5 Å². The van der Waals surface area contributed by atoms with E-state index < -0.39 is 15.9 Å². The van der Waals surface area contributed by atoms with Crippen molar-refractivity contribution in [3.05, 3.63) is 59.4 Å². The Balaban J connectivity index is 1.52. The third kappa shape index (κ3) is 6.67. The molecule has 1 aliphatic rings. The monoisotopic (exact) mass is 464 g/mol. The van der Waals surface area contributed by atoms with Gasteiger partial charge in [0.1, 0.15) is 17.3 Å². The predicted octanol–water partition coefficient (Wildman–Crippen LogP) is 3.28. The third-order valence-electron chi connectivity index (χ3n) is 5.60. The first kappa shape index (κ1) is 24.0. The van der Waals surface area contributed by atoms with Gasteiger partial charge in [-0.25, -0.2) is 12.8 Å². The van der Waals surface area contributed by atoms with Crippen molar-refractivity contribution in [3.63, 3.8) is 0 Å². The van der Waals surface area contributed by atoms with Crippen molar-refractivity contribution in [3.8, 4) is 11.5 Å². The van der Waals surface area contributed by atoms with Gasteiger partial charge in [-0.3, -0.25) is 9.52 Å². The molecule has 2 aromatic carbocycles. The summed E-state index contributed by atoms with van der Waals surface area (Å²) in [5.41, 5.74) is 2.12. The molecule has 0 radical (unpaired) electrons. The third-order valence-corrected chi connectivity index (χ3v) is 6.20. The van der Waals surface area contributed by atoms with Gasteiger partial charge in [-0.15, -0.1) is 0 Å². The number of hydrogen-bond donors (Lipinski definition) is 2. The first-order valence-corrected chi connectivity index (χ1v) is 12.4. The second kappa shape index (κ2) is 10.3. The number of hydrogen-bond acceptors (Lipinski definition) is 6. The number of nitrogens with one attached hydrogen (secondary N) is 2. The predicted molar refractivity (Wildman–Crippen MR) is 120 cm³/mol. The van der Waals surface area contributed by atoms with E-state index in [2.05, 4.69) is 12.2 Å². The first-order valence-electron chi connectivity index (χ1n) is 10.5. The molecular formula is C23H29FN2O5S. The maximum atomic E-state index is 13.5. The molecule has 3 rings (SSSR count). The van der Waals surface area contributed by atoms with Gasteiger partial charge in [0.25, 0.3) is 5.91 Å². The van der Waals surface area contributed by atoms with Gasteiger partial charge < -0.3 is 14.8 Å². The SMILES string of the molecule is COc1cc(F)ccc1[C@@H](C)NC1CC[C@@H](c2ccc(OCC(=O)NS(C)(=O)=O)cc2)C1. The largest absolute Gasteiger partial charge is 0.496 e. The zero-order valence-electron chi connectivity index (χ0n) is 18.4. The molecule has 2 N–H and O–H groups in total. The van der Waals surface area contributed by atoms with Crippen LogP contribution >= 0.6 is 0 Å². The highest BCUT2D eigenvalue weighted by atomic mass is 32.2. The lowest BCUT2D eigenvalue weighted by molar-refractivity contribution is -0.121. The fourth-order valence-corrected chi connectivity index (χ4v) is 4.62. The topological polar surface area (TPSA) is 93.7 Å². The van der Waals surface area contributed by atoms with Gasteiger partial charge in [0, 0.05) is 23.7 Å². The van der Waals surface area contributed by atoms with E-state index in [-0.39, 0.29) is 18.5 Å². The van der Waals surface area contributed by atoms with Gasteiger partial charge in [0.15, 0.2) is 6.61 Å². The summed E-state index contributed by atoms with van der Waals surface area (Å²) in [7, 11) is -2.05.